The van der Waals surface area contributed by atoms with Crippen LogP contribution in [0.2, 0.25) is 0 Å². The lowest BCUT2D eigenvalue weighted by atomic mass is 10.2. The van der Waals surface area contributed by atoms with E-state index in [4.69, 9.17) is 0 Å². The standard InChI is InChI=1S/C16H26N6OS.HI/c1-4-18-15(22-9-10-24-16(2,3)12-22)21-8-7-20-14(23)13-11-17-5-6-19-13;/h5-6,11H,4,7-10,12H2,1-3H3,(H,18,21)(H,20,23);1H. The van der Waals surface area contributed by atoms with Gasteiger partial charge in [-0.2, -0.15) is 11.8 Å². The maximum atomic E-state index is 11.9. The first kappa shape index (κ1) is 21.9. The molecule has 1 fully saturated rings. The molecule has 0 unspecified atom stereocenters. The van der Waals surface area contributed by atoms with Crippen LogP contribution in [0.3, 0.4) is 0 Å². The molecule has 1 aliphatic heterocycles. The van der Waals surface area contributed by atoms with E-state index < -0.39 is 0 Å². The van der Waals surface area contributed by atoms with Gasteiger partial charge in [-0.25, -0.2) is 4.98 Å². The topological polar surface area (TPSA) is 82.5 Å². The van der Waals surface area contributed by atoms with E-state index in [2.05, 4.69) is 51.3 Å². The third-order valence-electron chi connectivity index (χ3n) is 3.51. The van der Waals surface area contributed by atoms with Crippen molar-refractivity contribution in [3.8, 4) is 0 Å². The maximum absolute atomic E-state index is 11.9. The van der Waals surface area contributed by atoms with Crippen molar-refractivity contribution in [2.75, 3.05) is 38.5 Å². The highest BCUT2D eigenvalue weighted by molar-refractivity contribution is 14.0. The van der Waals surface area contributed by atoms with Crippen LogP contribution in [-0.4, -0.2) is 70.0 Å². The number of thioether (sulfide) groups is 1. The quantitative estimate of drug-likeness (QED) is 0.290. The lowest BCUT2D eigenvalue weighted by Crippen LogP contribution is -2.51. The number of rotatable bonds is 5. The molecular formula is C16H27IN6OS. The van der Waals surface area contributed by atoms with E-state index in [1.807, 2.05) is 11.8 Å². The third-order valence-corrected chi connectivity index (χ3v) is 4.81. The first-order valence-electron chi connectivity index (χ1n) is 8.23. The van der Waals surface area contributed by atoms with Crippen LogP contribution in [0.25, 0.3) is 0 Å². The molecule has 0 atom stereocenters. The highest BCUT2D eigenvalue weighted by Crippen LogP contribution is 2.29. The second kappa shape index (κ2) is 10.8. The predicted molar refractivity (Wildman–Crippen MR) is 114 cm³/mol. The number of carbonyl (C=O) groups is 1. The highest BCUT2D eigenvalue weighted by atomic mass is 127. The largest absolute Gasteiger partial charge is 0.357 e. The van der Waals surface area contributed by atoms with E-state index in [0.29, 0.717) is 18.8 Å². The second-order valence-corrected chi connectivity index (χ2v) is 7.91. The van der Waals surface area contributed by atoms with Crippen molar-refractivity contribution in [2.45, 2.75) is 25.5 Å². The van der Waals surface area contributed by atoms with Gasteiger partial charge >= 0.3 is 0 Å². The summed E-state index contributed by atoms with van der Waals surface area (Å²) in [5, 5.41) is 6.16. The Morgan fingerprint density at radius 1 is 1.40 bits per heavy atom. The molecular weight excluding hydrogens is 451 g/mol. The Morgan fingerprint density at radius 3 is 2.84 bits per heavy atom. The van der Waals surface area contributed by atoms with Gasteiger partial charge in [0.15, 0.2) is 5.96 Å². The van der Waals surface area contributed by atoms with Crippen molar-refractivity contribution in [1.29, 1.82) is 0 Å². The Bertz CT molecular complexity index is 569. The number of guanidine groups is 1. The van der Waals surface area contributed by atoms with Crippen LogP contribution in [0.4, 0.5) is 0 Å². The van der Waals surface area contributed by atoms with Crippen LogP contribution in [0.15, 0.2) is 23.6 Å². The molecule has 1 aromatic heterocycles. The number of hydrogen-bond donors (Lipinski definition) is 2. The van der Waals surface area contributed by atoms with E-state index in [9.17, 15) is 4.79 Å². The van der Waals surface area contributed by atoms with Gasteiger partial charge in [-0.1, -0.05) is 0 Å². The zero-order valence-corrected chi connectivity index (χ0v) is 18.1. The summed E-state index contributed by atoms with van der Waals surface area (Å²) in [6.45, 7) is 10.4. The first-order chi connectivity index (χ1) is 11.5. The summed E-state index contributed by atoms with van der Waals surface area (Å²) in [6, 6.07) is 0. The van der Waals surface area contributed by atoms with Crippen LogP contribution in [-0.2, 0) is 0 Å². The maximum Gasteiger partial charge on any atom is 0.271 e. The Balaban J connectivity index is 0.00000312. The predicted octanol–water partition coefficient (Wildman–Crippen LogP) is 1.62. The first-order valence-corrected chi connectivity index (χ1v) is 9.22. The van der Waals surface area contributed by atoms with Crippen molar-refractivity contribution >= 4 is 47.6 Å². The van der Waals surface area contributed by atoms with Crippen LogP contribution in [0.5, 0.6) is 0 Å². The van der Waals surface area contributed by atoms with Gasteiger partial charge in [0.2, 0.25) is 0 Å². The Kier molecular flexibility index (Phi) is 9.47. The SMILES string of the molecule is CCNC(=NCCNC(=O)c1cnccn1)N1CCSC(C)(C)C1.I. The van der Waals surface area contributed by atoms with E-state index in [0.717, 1.165) is 31.3 Å². The molecule has 7 nitrogen and oxygen atoms in total. The van der Waals surface area contributed by atoms with Gasteiger partial charge in [0, 0.05) is 49.1 Å². The normalized spacial score (nSPS) is 16.8. The third kappa shape index (κ3) is 7.35. The van der Waals surface area contributed by atoms with Gasteiger partial charge in [0.05, 0.1) is 12.7 Å². The number of nitrogens with zero attached hydrogens (tertiary/aromatic N) is 4. The monoisotopic (exact) mass is 478 g/mol. The van der Waals surface area contributed by atoms with Crippen LogP contribution in [0.1, 0.15) is 31.3 Å². The summed E-state index contributed by atoms with van der Waals surface area (Å²) in [6.07, 6.45) is 4.50. The summed E-state index contributed by atoms with van der Waals surface area (Å²) < 4.78 is 0.231. The summed E-state index contributed by atoms with van der Waals surface area (Å²) in [5.74, 6) is 1.79. The average molecular weight is 478 g/mol. The summed E-state index contributed by atoms with van der Waals surface area (Å²) in [4.78, 5) is 26.7. The lowest BCUT2D eigenvalue weighted by molar-refractivity contribution is 0.0949. The minimum Gasteiger partial charge on any atom is -0.357 e. The molecule has 0 aliphatic carbocycles. The molecule has 140 valence electrons. The van der Waals surface area contributed by atoms with Gasteiger partial charge in [-0.05, 0) is 20.8 Å². The van der Waals surface area contributed by atoms with Crippen LogP contribution < -0.4 is 10.6 Å². The van der Waals surface area contributed by atoms with Crippen LogP contribution in [0, 0.1) is 0 Å². The molecule has 9 heteroatoms. The fourth-order valence-corrected chi connectivity index (χ4v) is 3.57. The van der Waals surface area contributed by atoms with E-state index in [1.165, 1.54) is 12.4 Å². The number of aromatic nitrogens is 2. The molecule has 1 saturated heterocycles. The average Bonchev–Trinajstić information content (AvgIpc) is 2.57. The molecule has 2 N–H and O–H groups in total. The zero-order valence-electron chi connectivity index (χ0n) is 15.0. The number of nitrogens with one attached hydrogen (secondary N) is 2. The molecule has 2 rings (SSSR count). The number of halogens is 1. The van der Waals surface area contributed by atoms with Gasteiger partial charge in [-0.3, -0.25) is 14.8 Å². The zero-order chi connectivity index (χ0) is 17.4. The number of aliphatic imine (C=N–C) groups is 1. The van der Waals surface area contributed by atoms with Crippen molar-refractivity contribution in [3.05, 3.63) is 24.3 Å². The number of amides is 1. The Morgan fingerprint density at radius 2 is 2.20 bits per heavy atom. The van der Waals surface area contributed by atoms with Gasteiger partial charge in [-0.15, -0.1) is 24.0 Å². The van der Waals surface area contributed by atoms with Crippen LogP contribution >= 0.6 is 35.7 Å². The van der Waals surface area contributed by atoms with Gasteiger partial charge in [0.1, 0.15) is 5.69 Å². The molecule has 0 spiro atoms. The molecule has 0 radical (unpaired) electrons. The molecule has 0 bridgehead atoms. The van der Waals surface area contributed by atoms with Crippen molar-refractivity contribution < 1.29 is 4.79 Å². The molecule has 2 heterocycles. The van der Waals surface area contributed by atoms with E-state index in [1.54, 1.807) is 6.20 Å². The highest BCUT2D eigenvalue weighted by Gasteiger charge is 2.28. The molecule has 0 aromatic carbocycles. The fraction of sp³-hybridized carbons (Fsp3) is 0.625. The second-order valence-electron chi connectivity index (χ2n) is 6.11. The summed E-state index contributed by atoms with van der Waals surface area (Å²) in [7, 11) is 0. The molecule has 1 aromatic rings. The summed E-state index contributed by atoms with van der Waals surface area (Å²) in [5.41, 5.74) is 0.322. The molecule has 0 saturated carbocycles. The minimum absolute atomic E-state index is 0. The summed E-state index contributed by atoms with van der Waals surface area (Å²) >= 11 is 2.00. The van der Waals surface area contributed by atoms with E-state index in [-0.39, 0.29) is 34.6 Å². The Hall–Kier alpha value is -1.10. The van der Waals surface area contributed by atoms with Crippen molar-refractivity contribution in [2.24, 2.45) is 4.99 Å². The van der Waals surface area contributed by atoms with Gasteiger partial charge < -0.3 is 15.5 Å². The smallest absolute Gasteiger partial charge is 0.271 e. The molecule has 25 heavy (non-hydrogen) atoms. The van der Waals surface area contributed by atoms with E-state index >= 15 is 0 Å². The molecule has 1 amide bonds. The minimum atomic E-state index is -0.223. The number of hydrogen-bond acceptors (Lipinski definition) is 5. The van der Waals surface area contributed by atoms with Crippen molar-refractivity contribution in [1.82, 2.24) is 25.5 Å². The van der Waals surface area contributed by atoms with Gasteiger partial charge in [0.25, 0.3) is 5.91 Å². The fourth-order valence-electron chi connectivity index (χ4n) is 2.46. The molecule has 1 aliphatic rings. The Labute approximate surface area is 170 Å². The van der Waals surface area contributed by atoms with Crippen molar-refractivity contribution in [3.63, 3.8) is 0 Å². The lowest BCUT2D eigenvalue weighted by Gasteiger charge is -2.39. The number of carbonyl (C=O) groups excluding carboxylic acids is 1.